The number of hydrogen-bond donors (Lipinski definition) is 2. The monoisotopic (exact) mass is 458 g/mol. The summed E-state index contributed by atoms with van der Waals surface area (Å²) >= 11 is 0. The molecule has 0 aromatic heterocycles. The number of carbonyl (C=O) groups is 2. The van der Waals surface area contributed by atoms with Gasteiger partial charge in [0.1, 0.15) is 0 Å². The van der Waals surface area contributed by atoms with Crippen LogP contribution in [0, 0.1) is 20.8 Å². The number of nitrogens with two attached hydrogens (primary N) is 1. The van der Waals surface area contributed by atoms with Crippen LogP contribution in [0.25, 0.3) is 0 Å². The van der Waals surface area contributed by atoms with Crippen molar-refractivity contribution in [3.8, 4) is 0 Å². The Labute approximate surface area is 189 Å². The lowest BCUT2D eigenvalue weighted by molar-refractivity contribution is -0.132. The Morgan fingerprint density at radius 2 is 1.66 bits per heavy atom. The summed E-state index contributed by atoms with van der Waals surface area (Å²) in [6.07, 6.45) is 0.381. The first kappa shape index (κ1) is 23.9. The molecule has 1 fully saturated rings. The number of rotatable bonds is 6. The molecule has 3 rings (SSSR count). The molecule has 1 aliphatic rings. The lowest BCUT2D eigenvalue weighted by Gasteiger charge is -2.34. The van der Waals surface area contributed by atoms with E-state index in [9.17, 15) is 18.0 Å². The summed E-state index contributed by atoms with van der Waals surface area (Å²) in [5.74, 6) is -0.145. The Morgan fingerprint density at radius 3 is 2.28 bits per heavy atom. The molecule has 172 valence electrons. The van der Waals surface area contributed by atoms with Crippen molar-refractivity contribution in [3.63, 3.8) is 0 Å². The van der Waals surface area contributed by atoms with Crippen molar-refractivity contribution in [2.45, 2.75) is 32.1 Å². The van der Waals surface area contributed by atoms with Gasteiger partial charge in [-0.25, -0.2) is 13.6 Å². The fourth-order valence-electron chi connectivity index (χ4n) is 3.75. The minimum Gasteiger partial charge on any atom is -0.340 e. The average molecular weight is 459 g/mol. The van der Waals surface area contributed by atoms with Crippen molar-refractivity contribution in [1.82, 2.24) is 9.80 Å². The number of piperazine rings is 1. The van der Waals surface area contributed by atoms with E-state index in [-0.39, 0.29) is 23.3 Å². The Bertz CT molecular complexity index is 1120. The maximum absolute atomic E-state index is 12.6. The molecule has 8 nitrogen and oxygen atoms in total. The van der Waals surface area contributed by atoms with Crippen LogP contribution in [0.2, 0.25) is 0 Å². The van der Waals surface area contributed by atoms with E-state index < -0.39 is 10.0 Å². The van der Waals surface area contributed by atoms with Crippen LogP contribution >= 0.6 is 0 Å². The van der Waals surface area contributed by atoms with Crippen LogP contribution in [-0.2, 0) is 26.0 Å². The van der Waals surface area contributed by atoms with Crippen LogP contribution in [0.15, 0.2) is 41.3 Å². The van der Waals surface area contributed by atoms with Gasteiger partial charge in [0.15, 0.2) is 0 Å². The first-order valence-electron chi connectivity index (χ1n) is 10.5. The van der Waals surface area contributed by atoms with Crippen LogP contribution in [0.1, 0.15) is 22.3 Å². The van der Waals surface area contributed by atoms with E-state index in [0.29, 0.717) is 38.3 Å². The van der Waals surface area contributed by atoms with Crippen LogP contribution in [0.5, 0.6) is 0 Å². The van der Waals surface area contributed by atoms with Gasteiger partial charge in [-0.2, -0.15) is 0 Å². The zero-order chi connectivity index (χ0) is 23.5. The summed E-state index contributed by atoms with van der Waals surface area (Å²) in [6.45, 7) is 8.08. The molecule has 0 aliphatic carbocycles. The van der Waals surface area contributed by atoms with Crippen molar-refractivity contribution in [2.24, 2.45) is 5.14 Å². The average Bonchev–Trinajstić information content (AvgIpc) is 2.72. The molecule has 1 heterocycles. The summed E-state index contributed by atoms with van der Waals surface area (Å²) in [6, 6.07) is 10.8. The fourth-order valence-corrected chi connectivity index (χ4v) is 4.37. The van der Waals surface area contributed by atoms with Crippen LogP contribution in [0.3, 0.4) is 0 Å². The molecule has 2 aromatic carbocycles. The second-order valence-corrected chi connectivity index (χ2v) is 9.83. The highest BCUT2D eigenvalue weighted by molar-refractivity contribution is 7.89. The van der Waals surface area contributed by atoms with Crippen molar-refractivity contribution in [2.75, 3.05) is 38.0 Å². The van der Waals surface area contributed by atoms with E-state index in [1.54, 1.807) is 6.92 Å². The zero-order valence-electron chi connectivity index (χ0n) is 18.7. The number of aryl methyl sites for hydroxylation is 2. The van der Waals surface area contributed by atoms with Gasteiger partial charge < -0.3 is 10.2 Å². The second kappa shape index (κ2) is 9.81. The van der Waals surface area contributed by atoms with Gasteiger partial charge in [-0.1, -0.05) is 24.3 Å². The Balaban J connectivity index is 1.54. The Kier molecular flexibility index (Phi) is 7.33. The van der Waals surface area contributed by atoms with Gasteiger partial charge in [0, 0.05) is 31.9 Å². The quantitative estimate of drug-likeness (QED) is 0.683. The minimum absolute atomic E-state index is 0.0309. The molecule has 0 saturated carbocycles. The molecule has 0 bridgehead atoms. The molecular weight excluding hydrogens is 428 g/mol. The van der Waals surface area contributed by atoms with E-state index in [1.807, 2.05) is 47.9 Å². The predicted molar refractivity (Wildman–Crippen MR) is 124 cm³/mol. The Morgan fingerprint density at radius 1 is 1.00 bits per heavy atom. The summed E-state index contributed by atoms with van der Waals surface area (Å²) in [7, 11) is -3.87. The summed E-state index contributed by atoms with van der Waals surface area (Å²) in [5.41, 5.74) is 4.09. The van der Waals surface area contributed by atoms with E-state index in [1.165, 1.54) is 12.1 Å². The SMILES string of the molecule is Cc1ccccc1CC(=O)N1CCN(CC(=O)Nc2cc(S(N)(=O)=O)cc(C)c2C)CC1. The van der Waals surface area contributed by atoms with E-state index in [0.717, 1.165) is 22.3 Å². The molecule has 9 heteroatoms. The highest BCUT2D eigenvalue weighted by Crippen LogP contribution is 2.23. The first-order chi connectivity index (χ1) is 15.0. The largest absolute Gasteiger partial charge is 0.340 e. The van der Waals surface area contributed by atoms with Gasteiger partial charge in [-0.3, -0.25) is 14.5 Å². The van der Waals surface area contributed by atoms with Crippen molar-refractivity contribution < 1.29 is 18.0 Å². The third-order valence-electron chi connectivity index (χ3n) is 5.94. The van der Waals surface area contributed by atoms with Gasteiger partial charge in [-0.15, -0.1) is 0 Å². The van der Waals surface area contributed by atoms with Gasteiger partial charge in [0.2, 0.25) is 21.8 Å². The number of carbonyl (C=O) groups excluding carboxylic acids is 2. The number of hydrogen-bond acceptors (Lipinski definition) is 5. The highest BCUT2D eigenvalue weighted by Gasteiger charge is 2.23. The summed E-state index contributed by atoms with van der Waals surface area (Å²) in [4.78, 5) is 29.0. The van der Waals surface area contributed by atoms with Crippen molar-refractivity contribution in [1.29, 1.82) is 0 Å². The lowest BCUT2D eigenvalue weighted by Crippen LogP contribution is -2.50. The van der Waals surface area contributed by atoms with Crippen LogP contribution in [-0.4, -0.2) is 62.8 Å². The topological polar surface area (TPSA) is 113 Å². The van der Waals surface area contributed by atoms with E-state index >= 15 is 0 Å². The van der Waals surface area contributed by atoms with E-state index in [4.69, 9.17) is 5.14 Å². The summed E-state index contributed by atoms with van der Waals surface area (Å²) < 4.78 is 23.4. The zero-order valence-corrected chi connectivity index (χ0v) is 19.5. The molecule has 0 spiro atoms. The molecule has 3 N–H and O–H groups in total. The third-order valence-corrected chi connectivity index (χ3v) is 6.83. The van der Waals surface area contributed by atoms with Crippen molar-refractivity contribution >= 4 is 27.5 Å². The fraction of sp³-hybridized carbons (Fsp3) is 0.391. The number of anilines is 1. The number of nitrogens with zero attached hydrogens (tertiary/aromatic N) is 2. The molecule has 32 heavy (non-hydrogen) atoms. The van der Waals surface area contributed by atoms with Gasteiger partial charge in [0.05, 0.1) is 17.9 Å². The molecule has 0 atom stereocenters. The summed E-state index contributed by atoms with van der Waals surface area (Å²) in [5, 5.41) is 8.04. The van der Waals surface area contributed by atoms with Crippen LogP contribution < -0.4 is 10.5 Å². The second-order valence-electron chi connectivity index (χ2n) is 8.27. The molecule has 1 aliphatic heterocycles. The standard InChI is InChI=1S/C23H30N4O4S/c1-16-6-4-5-7-19(16)13-23(29)27-10-8-26(9-11-27)15-22(28)25-21-14-20(32(24,30)31)12-17(2)18(21)3/h4-7,12,14H,8-11,13,15H2,1-3H3,(H,25,28)(H2,24,30,31). The van der Waals surface area contributed by atoms with Crippen molar-refractivity contribution in [3.05, 3.63) is 58.7 Å². The van der Waals surface area contributed by atoms with Gasteiger partial charge in [-0.05, 0) is 55.2 Å². The minimum atomic E-state index is -3.87. The Hall–Kier alpha value is -2.75. The molecular formula is C23H30N4O4S. The van der Waals surface area contributed by atoms with Gasteiger partial charge in [0.25, 0.3) is 0 Å². The maximum Gasteiger partial charge on any atom is 0.238 e. The molecule has 2 aromatic rings. The van der Waals surface area contributed by atoms with Gasteiger partial charge >= 0.3 is 0 Å². The molecule has 0 radical (unpaired) electrons. The highest BCUT2D eigenvalue weighted by atomic mass is 32.2. The third kappa shape index (κ3) is 5.93. The first-order valence-corrected chi connectivity index (χ1v) is 12.1. The number of sulfonamides is 1. The van der Waals surface area contributed by atoms with Crippen LogP contribution in [0.4, 0.5) is 5.69 Å². The maximum atomic E-state index is 12.6. The molecule has 1 saturated heterocycles. The predicted octanol–water partition coefficient (Wildman–Crippen LogP) is 1.58. The smallest absolute Gasteiger partial charge is 0.238 e. The molecule has 2 amide bonds. The number of benzene rings is 2. The number of primary sulfonamides is 1. The molecule has 0 unspecified atom stereocenters. The van der Waals surface area contributed by atoms with E-state index in [2.05, 4.69) is 5.32 Å². The lowest BCUT2D eigenvalue weighted by atomic mass is 10.1. The number of amides is 2. The number of nitrogens with one attached hydrogen (secondary N) is 1. The normalized spacial score (nSPS) is 14.9.